The minimum Gasteiger partial charge on any atom is -0.326 e. The van der Waals surface area contributed by atoms with Crippen molar-refractivity contribution in [1.29, 1.82) is 0 Å². The minimum atomic E-state index is 0. The highest BCUT2D eigenvalue weighted by Crippen LogP contribution is 2.27. The molecule has 2 nitrogen and oxygen atoms in total. The Kier molecular flexibility index (Phi) is 3.16. The van der Waals surface area contributed by atoms with Crippen LogP contribution in [0.1, 0.15) is 25.7 Å². The molecule has 2 rings (SSSR count). The van der Waals surface area contributed by atoms with Crippen LogP contribution in [0.25, 0.3) is 0 Å². The van der Waals surface area contributed by atoms with E-state index < -0.39 is 0 Å². The van der Waals surface area contributed by atoms with Crippen molar-refractivity contribution in [2.75, 3.05) is 13.1 Å². The van der Waals surface area contributed by atoms with Gasteiger partial charge in [0.15, 0.2) is 0 Å². The summed E-state index contributed by atoms with van der Waals surface area (Å²) in [6.07, 6.45) is 5.51. The average molecular weight is 177 g/mol. The van der Waals surface area contributed by atoms with Gasteiger partial charge in [-0.15, -0.1) is 12.4 Å². The molecule has 0 aromatic heterocycles. The Bertz CT molecular complexity index is 125. The Morgan fingerprint density at radius 2 is 1.91 bits per heavy atom. The van der Waals surface area contributed by atoms with Gasteiger partial charge in [-0.25, -0.2) is 0 Å². The van der Waals surface area contributed by atoms with Crippen LogP contribution in [0.2, 0.25) is 0 Å². The first-order valence-electron chi connectivity index (χ1n) is 4.36. The van der Waals surface area contributed by atoms with Gasteiger partial charge in [0.25, 0.3) is 0 Å². The Morgan fingerprint density at radius 3 is 2.27 bits per heavy atom. The van der Waals surface area contributed by atoms with E-state index in [0.717, 1.165) is 12.6 Å². The summed E-state index contributed by atoms with van der Waals surface area (Å²) in [5, 5.41) is 0. The van der Waals surface area contributed by atoms with Gasteiger partial charge in [0, 0.05) is 25.2 Å². The highest BCUT2D eigenvalue weighted by molar-refractivity contribution is 5.85. The Morgan fingerprint density at radius 1 is 1.18 bits per heavy atom. The van der Waals surface area contributed by atoms with Crippen molar-refractivity contribution >= 4 is 12.4 Å². The number of rotatable bonds is 1. The van der Waals surface area contributed by atoms with E-state index in [1.54, 1.807) is 0 Å². The fraction of sp³-hybridized carbons (Fsp3) is 1.00. The third-order valence-electron chi connectivity index (χ3n) is 2.85. The van der Waals surface area contributed by atoms with Crippen molar-refractivity contribution in [3.05, 3.63) is 0 Å². The van der Waals surface area contributed by atoms with Gasteiger partial charge in [-0.1, -0.05) is 6.42 Å². The summed E-state index contributed by atoms with van der Waals surface area (Å²) in [4.78, 5) is 2.56. The highest BCUT2D eigenvalue weighted by Gasteiger charge is 2.29. The second kappa shape index (κ2) is 3.74. The van der Waals surface area contributed by atoms with Gasteiger partial charge in [0.2, 0.25) is 0 Å². The fourth-order valence-electron chi connectivity index (χ4n) is 1.90. The molecule has 3 heteroatoms. The first-order chi connectivity index (χ1) is 4.86. The molecule has 1 aliphatic heterocycles. The normalized spacial score (nSPS) is 33.0. The molecule has 2 N–H and O–H groups in total. The lowest BCUT2D eigenvalue weighted by atomic mass is 9.92. The van der Waals surface area contributed by atoms with Crippen molar-refractivity contribution in [3.8, 4) is 0 Å². The zero-order valence-electron chi connectivity index (χ0n) is 6.83. The van der Waals surface area contributed by atoms with Crippen LogP contribution < -0.4 is 5.73 Å². The SMILES string of the molecule is Cl.NC1CCN(C2CCC2)C1. The molecule has 0 aromatic carbocycles. The van der Waals surface area contributed by atoms with Gasteiger partial charge < -0.3 is 5.73 Å². The van der Waals surface area contributed by atoms with Crippen molar-refractivity contribution in [2.45, 2.75) is 37.8 Å². The number of hydrogen-bond acceptors (Lipinski definition) is 2. The third-order valence-corrected chi connectivity index (χ3v) is 2.85. The largest absolute Gasteiger partial charge is 0.326 e. The van der Waals surface area contributed by atoms with Crippen LogP contribution in [0.5, 0.6) is 0 Å². The summed E-state index contributed by atoms with van der Waals surface area (Å²) in [6.45, 7) is 2.41. The quantitative estimate of drug-likeness (QED) is 0.646. The lowest BCUT2D eigenvalue weighted by Crippen LogP contribution is -2.39. The van der Waals surface area contributed by atoms with Crippen LogP contribution >= 0.6 is 12.4 Å². The number of nitrogens with zero attached hydrogens (tertiary/aromatic N) is 1. The van der Waals surface area contributed by atoms with E-state index in [-0.39, 0.29) is 12.4 Å². The molecule has 11 heavy (non-hydrogen) atoms. The standard InChI is InChI=1S/C8H16N2.ClH/c9-7-4-5-10(6-7)8-2-1-3-8;/h7-8H,1-6,9H2;1H. The van der Waals surface area contributed by atoms with Crippen LogP contribution in [0.4, 0.5) is 0 Å². The maximum Gasteiger partial charge on any atom is 0.0180 e. The fourth-order valence-corrected chi connectivity index (χ4v) is 1.90. The molecule has 0 aromatic rings. The second-order valence-corrected chi connectivity index (χ2v) is 3.63. The molecule has 0 spiro atoms. The second-order valence-electron chi connectivity index (χ2n) is 3.63. The number of nitrogens with two attached hydrogens (primary N) is 1. The monoisotopic (exact) mass is 176 g/mol. The molecule has 2 aliphatic rings. The lowest BCUT2D eigenvalue weighted by Gasteiger charge is -2.34. The summed E-state index contributed by atoms with van der Waals surface area (Å²) in [6, 6.07) is 1.38. The predicted octanol–water partition coefficient (Wildman–Crippen LogP) is 0.994. The van der Waals surface area contributed by atoms with Gasteiger partial charge in [-0.2, -0.15) is 0 Å². The number of hydrogen-bond donors (Lipinski definition) is 1. The van der Waals surface area contributed by atoms with Gasteiger partial charge in [0.1, 0.15) is 0 Å². The molecule has 1 unspecified atom stereocenters. The smallest absolute Gasteiger partial charge is 0.0180 e. The molecule has 1 saturated heterocycles. The first-order valence-corrected chi connectivity index (χ1v) is 4.36. The summed E-state index contributed by atoms with van der Waals surface area (Å²) in [7, 11) is 0. The average Bonchev–Trinajstić information content (AvgIpc) is 2.10. The van der Waals surface area contributed by atoms with Crippen LogP contribution in [0.15, 0.2) is 0 Å². The van der Waals surface area contributed by atoms with Crippen LogP contribution in [0, 0.1) is 0 Å². The Balaban J connectivity index is 0.000000605. The molecular formula is C8H17ClN2. The van der Waals surface area contributed by atoms with Crippen LogP contribution in [-0.2, 0) is 0 Å². The maximum absolute atomic E-state index is 5.80. The van der Waals surface area contributed by atoms with Crippen LogP contribution in [0.3, 0.4) is 0 Å². The summed E-state index contributed by atoms with van der Waals surface area (Å²) in [5.41, 5.74) is 5.80. The molecule has 0 bridgehead atoms. The molecule has 0 amide bonds. The maximum atomic E-state index is 5.80. The molecular weight excluding hydrogens is 160 g/mol. The molecule has 1 saturated carbocycles. The zero-order valence-corrected chi connectivity index (χ0v) is 7.65. The van der Waals surface area contributed by atoms with Crippen molar-refractivity contribution in [3.63, 3.8) is 0 Å². The summed E-state index contributed by atoms with van der Waals surface area (Å²) >= 11 is 0. The predicted molar refractivity (Wildman–Crippen MR) is 49.1 cm³/mol. The van der Waals surface area contributed by atoms with Crippen molar-refractivity contribution < 1.29 is 0 Å². The van der Waals surface area contributed by atoms with E-state index in [4.69, 9.17) is 5.73 Å². The lowest BCUT2D eigenvalue weighted by molar-refractivity contribution is 0.157. The van der Waals surface area contributed by atoms with Gasteiger partial charge in [0.05, 0.1) is 0 Å². The molecule has 66 valence electrons. The van der Waals surface area contributed by atoms with E-state index in [2.05, 4.69) is 4.90 Å². The molecule has 1 aliphatic carbocycles. The van der Waals surface area contributed by atoms with E-state index in [1.807, 2.05) is 0 Å². The summed E-state index contributed by atoms with van der Waals surface area (Å²) in [5.74, 6) is 0. The van der Waals surface area contributed by atoms with E-state index in [1.165, 1.54) is 32.2 Å². The minimum absolute atomic E-state index is 0. The van der Waals surface area contributed by atoms with Gasteiger partial charge in [-0.3, -0.25) is 4.90 Å². The topological polar surface area (TPSA) is 29.3 Å². The summed E-state index contributed by atoms with van der Waals surface area (Å²) < 4.78 is 0. The van der Waals surface area contributed by atoms with Gasteiger partial charge in [-0.05, 0) is 19.3 Å². The molecule has 1 heterocycles. The zero-order chi connectivity index (χ0) is 6.97. The molecule has 1 atom stereocenters. The number of halogens is 1. The van der Waals surface area contributed by atoms with E-state index in [0.29, 0.717) is 6.04 Å². The highest BCUT2D eigenvalue weighted by atomic mass is 35.5. The van der Waals surface area contributed by atoms with Gasteiger partial charge >= 0.3 is 0 Å². The van der Waals surface area contributed by atoms with E-state index >= 15 is 0 Å². The van der Waals surface area contributed by atoms with E-state index in [9.17, 15) is 0 Å². The molecule has 0 radical (unpaired) electrons. The first kappa shape index (κ1) is 9.30. The van der Waals surface area contributed by atoms with Crippen LogP contribution in [-0.4, -0.2) is 30.1 Å². The molecule has 2 fully saturated rings. The Hall–Kier alpha value is 0.210. The Labute approximate surface area is 74.5 Å². The van der Waals surface area contributed by atoms with Crippen molar-refractivity contribution in [1.82, 2.24) is 4.90 Å². The third kappa shape index (κ3) is 1.86. The number of likely N-dealkylation sites (tertiary alicyclic amines) is 1. The van der Waals surface area contributed by atoms with Crippen molar-refractivity contribution in [2.24, 2.45) is 5.73 Å².